The van der Waals surface area contributed by atoms with Gasteiger partial charge >= 0.3 is 5.97 Å². The maximum absolute atomic E-state index is 12.0. The summed E-state index contributed by atoms with van der Waals surface area (Å²) < 4.78 is 0. The van der Waals surface area contributed by atoms with Gasteiger partial charge in [0, 0.05) is 18.8 Å². The average Bonchev–Trinajstić information content (AvgIpc) is 2.53. The number of hydrogen-bond donors (Lipinski definition) is 1. The van der Waals surface area contributed by atoms with Gasteiger partial charge in [-0.1, -0.05) is 48.6 Å². The van der Waals surface area contributed by atoms with Crippen molar-refractivity contribution in [1.29, 1.82) is 0 Å². The molecule has 4 heteroatoms. The van der Waals surface area contributed by atoms with Crippen LogP contribution in [-0.2, 0) is 9.59 Å². The summed E-state index contributed by atoms with van der Waals surface area (Å²) in [5, 5.41) is 9.57. The van der Waals surface area contributed by atoms with E-state index in [9.17, 15) is 14.7 Å². The molecule has 1 N–H and O–H groups in total. The lowest BCUT2D eigenvalue weighted by Gasteiger charge is -2.32. The smallest absolute Gasteiger partial charge is 0.309 e. The van der Waals surface area contributed by atoms with Gasteiger partial charge < -0.3 is 10.0 Å². The Bertz CT molecular complexity index is 687. The molecule has 1 heterocycles. The lowest BCUT2D eigenvalue weighted by Crippen LogP contribution is -2.40. The molecule has 112 valence electrons. The molecule has 0 bridgehead atoms. The van der Waals surface area contributed by atoms with Crippen LogP contribution in [0.25, 0.3) is 6.08 Å². The van der Waals surface area contributed by atoms with Crippen LogP contribution in [0, 0.1) is 11.8 Å². The third kappa shape index (κ3) is 2.72. The van der Waals surface area contributed by atoms with Crippen LogP contribution in [0.2, 0.25) is 0 Å². The number of fused-ring (bicyclic) bond motifs is 1. The highest BCUT2D eigenvalue weighted by molar-refractivity contribution is 5.97. The summed E-state index contributed by atoms with van der Waals surface area (Å²) in [6, 6.07) is 7.88. The summed E-state index contributed by atoms with van der Waals surface area (Å²) in [6.45, 7) is 0.965. The number of carbonyl (C=O) groups excluding carboxylic acids is 1. The van der Waals surface area contributed by atoms with E-state index in [1.165, 1.54) is 6.08 Å². The minimum Gasteiger partial charge on any atom is -0.481 e. The molecule has 0 saturated carbocycles. The van der Waals surface area contributed by atoms with Gasteiger partial charge in [0.15, 0.2) is 5.78 Å². The van der Waals surface area contributed by atoms with Crippen LogP contribution in [-0.4, -0.2) is 29.9 Å². The Balaban J connectivity index is 1.85. The second kappa shape index (κ2) is 6.02. The van der Waals surface area contributed by atoms with Crippen molar-refractivity contribution in [2.45, 2.75) is 0 Å². The number of carbonyl (C=O) groups is 2. The predicted molar refractivity (Wildman–Crippen MR) is 85.6 cm³/mol. The number of benzene rings is 1. The lowest BCUT2D eigenvalue weighted by molar-refractivity contribution is -0.144. The zero-order chi connectivity index (χ0) is 15.5. The Morgan fingerprint density at radius 2 is 2.09 bits per heavy atom. The molecule has 0 radical (unpaired) electrons. The minimum atomic E-state index is -0.940. The summed E-state index contributed by atoms with van der Waals surface area (Å²) in [5.74, 6) is -2.44. The van der Waals surface area contributed by atoms with Crippen molar-refractivity contribution in [2.24, 2.45) is 11.8 Å². The molecule has 2 atom stereocenters. The van der Waals surface area contributed by atoms with Gasteiger partial charge in [-0.05, 0) is 17.7 Å². The number of rotatable bonds is 4. The summed E-state index contributed by atoms with van der Waals surface area (Å²) >= 11 is 0. The Kier molecular flexibility index (Phi) is 3.92. The summed E-state index contributed by atoms with van der Waals surface area (Å²) in [6.07, 6.45) is 10.6. The Labute approximate surface area is 129 Å². The van der Waals surface area contributed by atoms with Crippen molar-refractivity contribution in [2.75, 3.05) is 18.0 Å². The van der Waals surface area contributed by atoms with Crippen molar-refractivity contribution in [1.82, 2.24) is 0 Å². The van der Waals surface area contributed by atoms with Gasteiger partial charge in [-0.2, -0.15) is 0 Å². The van der Waals surface area contributed by atoms with E-state index >= 15 is 0 Å². The number of aliphatic carboxylic acids is 1. The first-order chi connectivity index (χ1) is 10.7. The van der Waals surface area contributed by atoms with Crippen LogP contribution in [0.3, 0.4) is 0 Å². The van der Waals surface area contributed by atoms with Gasteiger partial charge in [-0.25, -0.2) is 0 Å². The molecule has 2 aliphatic rings. The van der Waals surface area contributed by atoms with Crippen molar-refractivity contribution in [3.05, 3.63) is 60.2 Å². The third-order valence-corrected chi connectivity index (χ3v) is 4.09. The van der Waals surface area contributed by atoms with Gasteiger partial charge in [0.05, 0.1) is 11.8 Å². The van der Waals surface area contributed by atoms with E-state index in [1.54, 1.807) is 18.2 Å². The fourth-order valence-electron chi connectivity index (χ4n) is 2.95. The SMILES string of the molecule is O=C1C=CC=CC1C(CN1CC=Cc2ccccc21)C(=O)O. The first-order valence-corrected chi connectivity index (χ1v) is 7.29. The summed E-state index contributed by atoms with van der Waals surface area (Å²) in [5.41, 5.74) is 2.09. The van der Waals surface area contributed by atoms with Crippen molar-refractivity contribution in [3.8, 4) is 0 Å². The van der Waals surface area contributed by atoms with E-state index in [2.05, 4.69) is 0 Å². The molecule has 22 heavy (non-hydrogen) atoms. The number of carboxylic acid groups (broad SMARTS) is 1. The van der Waals surface area contributed by atoms with Crippen LogP contribution in [0.4, 0.5) is 5.69 Å². The number of carboxylic acids is 1. The molecule has 0 spiro atoms. The van der Waals surface area contributed by atoms with E-state index in [-0.39, 0.29) is 5.78 Å². The lowest BCUT2D eigenvalue weighted by atomic mass is 9.85. The summed E-state index contributed by atoms with van der Waals surface area (Å²) in [4.78, 5) is 25.7. The molecular weight excluding hydrogens is 278 g/mol. The largest absolute Gasteiger partial charge is 0.481 e. The normalized spacial score (nSPS) is 20.8. The first kappa shape index (κ1) is 14.3. The van der Waals surface area contributed by atoms with Crippen molar-refractivity contribution < 1.29 is 14.7 Å². The van der Waals surface area contributed by atoms with Crippen molar-refractivity contribution >= 4 is 23.5 Å². The van der Waals surface area contributed by atoms with E-state index in [4.69, 9.17) is 0 Å². The molecule has 4 nitrogen and oxygen atoms in total. The molecule has 1 aliphatic heterocycles. The summed E-state index contributed by atoms with van der Waals surface area (Å²) in [7, 11) is 0. The fraction of sp³-hybridized carbons (Fsp3) is 0.222. The predicted octanol–water partition coefficient (Wildman–Crippen LogP) is 2.53. The standard InChI is InChI=1S/C18H17NO3/c20-17-10-4-2-8-14(17)15(18(21)22)12-19-11-5-7-13-6-1-3-9-16(13)19/h1-10,14-15H,11-12H2,(H,21,22). The molecule has 1 aromatic carbocycles. The topological polar surface area (TPSA) is 57.6 Å². The highest BCUT2D eigenvalue weighted by Crippen LogP contribution is 2.28. The number of anilines is 1. The number of ketones is 1. The van der Waals surface area contributed by atoms with Crippen LogP contribution in [0.1, 0.15) is 5.56 Å². The van der Waals surface area contributed by atoms with Gasteiger partial charge in [-0.15, -0.1) is 0 Å². The maximum atomic E-state index is 12.0. The van der Waals surface area contributed by atoms with Crippen LogP contribution >= 0.6 is 0 Å². The molecule has 0 saturated heterocycles. The first-order valence-electron chi connectivity index (χ1n) is 7.29. The zero-order valence-electron chi connectivity index (χ0n) is 12.1. The second-order valence-electron chi connectivity index (χ2n) is 5.48. The molecule has 1 aromatic rings. The van der Waals surface area contributed by atoms with Gasteiger partial charge in [0.1, 0.15) is 0 Å². The van der Waals surface area contributed by atoms with E-state index in [0.717, 1.165) is 11.3 Å². The molecule has 1 aliphatic carbocycles. The average molecular weight is 295 g/mol. The van der Waals surface area contributed by atoms with E-state index < -0.39 is 17.8 Å². The van der Waals surface area contributed by atoms with Gasteiger partial charge in [0.2, 0.25) is 0 Å². The van der Waals surface area contributed by atoms with Crippen LogP contribution < -0.4 is 4.90 Å². The Morgan fingerprint density at radius 1 is 1.27 bits per heavy atom. The molecule has 0 amide bonds. The number of para-hydroxylation sites is 1. The monoisotopic (exact) mass is 295 g/mol. The van der Waals surface area contributed by atoms with Crippen LogP contribution in [0.15, 0.2) is 54.6 Å². The van der Waals surface area contributed by atoms with Crippen molar-refractivity contribution in [3.63, 3.8) is 0 Å². The molecular formula is C18H17NO3. The number of allylic oxidation sites excluding steroid dienone is 4. The van der Waals surface area contributed by atoms with Gasteiger partial charge in [-0.3, -0.25) is 9.59 Å². The number of hydrogen-bond acceptors (Lipinski definition) is 3. The Morgan fingerprint density at radius 3 is 2.86 bits per heavy atom. The quantitative estimate of drug-likeness (QED) is 0.927. The maximum Gasteiger partial charge on any atom is 0.309 e. The highest BCUT2D eigenvalue weighted by atomic mass is 16.4. The van der Waals surface area contributed by atoms with E-state index in [0.29, 0.717) is 13.1 Å². The Hall–Kier alpha value is -2.62. The molecule has 0 fully saturated rings. The molecule has 0 aromatic heterocycles. The third-order valence-electron chi connectivity index (χ3n) is 4.09. The zero-order valence-corrected chi connectivity index (χ0v) is 12.1. The second-order valence-corrected chi connectivity index (χ2v) is 5.48. The minimum absolute atomic E-state index is 0.143. The molecule has 3 rings (SSSR count). The van der Waals surface area contributed by atoms with Crippen LogP contribution in [0.5, 0.6) is 0 Å². The number of nitrogens with zero attached hydrogens (tertiary/aromatic N) is 1. The van der Waals surface area contributed by atoms with E-state index in [1.807, 2.05) is 41.3 Å². The highest BCUT2D eigenvalue weighted by Gasteiger charge is 2.33. The van der Waals surface area contributed by atoms with Gasteiger partial charge in [0.25, 0.3) is 0 Å². The fourth-order valence-corrected chi connectivity index (χ4v) is 2.95. The molecule has 2 unspecified atom stereocenters.